The van der Waals surface area contributed by atoms with Gasteiger partial charge in [0.25, 0.3) is 0 Å². The summed E-state index contributed by atoms with van der Waals surface area (Å²) in [7, 11) is 0. The Labute approximate surface area is 119 Å². The summed E-state index contributed by atoms with van der Waals surface area (Å²) < 4.78 is 2.30. The average molecular weight is 278 g/mol. The van der Waals surface area contributed by atoms with Crippen LogP contribution in [0, 0.1) is 0 Å². The maximum Gasteiger partial charge on any atom is 0.160 e. The fraction of sp³-hybridized carbons (Fsp3) is 0.600. The van der Waals surface area contributed by atoms with Crippen LogP contribution in [0.25, 0.3) is 11.2 Å². The third-order valence-electron chi connectivity index (χ3n) is 4.08. The van der Waals surface area contributed by atoms with Crippen molar-refractivity contribution in [2.75, 3.05) is 0 Å². The molecule has 2 aromatic heterocycles. The van der Waals surface area contributed by atoms with Crippen LogP contribution in [-0.2, 0) is 5.88 Å². The van der Waals surface area contributed by atoms with Gasteiger partial charge in [-0.05, 0) is 25.0 Å². The maximum atomic E-state index is 6.08. The highest BCUT2D eigenvalue weighted by molar-refractivity contribution is 6.16. The van der Waals surface area contributed by atoms with Gasteiger partial charge >= 0.3 is 0 Å². The summed E-state index contributed by atoms with van der Waals surface area (Å²) in [5.74, 6) is 1.44. The molecule has 0 aromatic carbocycles. The van der Waals surface area contributed by atoms with Crippen LogP contribution in [-0.4, -0.2) is 14.5 Å². The molecule has 4 heteroatoms. The second-order valence-electron chi connectivity index (χ2n) is 5.38. The smallest absolute Gasteiger partial charge is 0.160 e. The first kappa shape index (κ1) is 12.9. The number of aromatic nitrogens is 3. The first-order chi connectivity index (χ1) is 9.40. The van der Waals surface area contributed by atoms with Gasteiger partial charge in [-0.2, -0.15) is 0 Å². The van der Waals surface area contributed by atoms with Crippen LogP contribution >= 0.6 is 11.6 Å². The van der Waals surface area contributed by atoms with Gasteiger partial charge in [0.05, 0.1) is 5.88 Å². The van der Waals surface area contributed by atoms with Crippen molar-refractivity contribution in [1.29, 1.82) is 0 Å². The average Bonchev–Trinajstić information content (AvgIpc) is 2.77. The predicted molar refractivity (Wildman–Crippen MR) is 78.4 cm³/mol. The van der Waals surface area contributed by atoms with Crippen molar-refractivity contribution in [3.05, 3.63) is 24.2 Å². The zero-order valence-electron chi connectivity index (χ0n) is 11.2. The molecule has 1 aliphatic rings. The van der Waals surface area contributed by atoms with Crippen molar-refractivity contribution in [1.82, 2.24) is 14.5 Å². The van der Waals surface area contributed by atoms with Crippen molar-refractivity contribution < 1.29 is 0 Å². The van der Waals surface area contributed by atoms with Gasteiger partial charge in [0.15, 0.2) is 5.65 Å². The Hall–Kier alpha value is -1.09. The number of rotatable bonds is 2. The van der Waals surface area contributed by atoms with Crippen LogP contribution in [0.3, 0.4) is 0 Å². The second kappa shape index (κ2) is 5.91. The largest absolute Gasteiger partial charge is 0.309 e. The maximum absolute atomic E-state index is 6.08. The van der Waals surface area contributed by atoms with Gasteiger partial charge in [-0.25, -0.2) is 9.97 Å². The molecule has 0 aliphatic heterocycles. The molecular formula is C15H20ClN3. The van der Waals surface area contributed by atoms with Gasteiger partial charge in [0.1, 0.15) is 11.3 Å². The Morgan fingerprint density at radius 1 is 1.16 bits per heavy atom. The van der Waals surface area contributed by atoms with Crippen molar-refractivity contribution in [3.63, 3.8) is 0 Å². The molecule has 0 N–H and O–H groups in total. The SMILES string of the molecule is ClCc1nc2cccnc2n1C1CCCCCCC1. The summed E-state index contributed by atoms with van der Waals surface area (Å²) in [5, 5.41) is 0. The number of pyridine rings is 1. The first-order valence-corrected chi connectivity index (χ1v) is 7.81. The Morgan fingerprint density at radius 3 is 2.63 bits per heavy atom. The molecule has 0 radical (unpaired) electrons. The van der Waals surface area contributed by atoms with Crippen molar-refractivity contribution in [2.45, 2.75) is 56.9 Å². The fourth-order valence-corrected chi connectivity index (χ4v) is 3.34. The van der Waals surface area contributed by atoms with Crippen LogP contribution in [0.1, 0.15) is 56.8 Å². The van der Waals surface area contributed by atoms with Gasteiger partial charge < -0.3 is 4.57 Å². The number of imidazole rings is 1. The van der Waals surface area contributed by atoms with Gasteiger partial charge in [-0.15, -0.1) is 11.6 Å². The van der Waals surface area contributed by atoms with Crippen LogP contribution in [0.4, 0.5) is 0 Å². The predicted octanol–water partition coefficient (Wildman–Crippen LogP) is 4.46. The summed E-state index contributed by atoms with van der Waals surface area (Å²) in [6, 6.07) is 4.49. The van der Waals surface area contributed by atoms with E-state index >= 15 is 0 Å². The molecule has 102 valence electrons. The highest BCUT2D eigenvalue weighted by Crippen LogP contribution is 2.30. The van der Waals surface area contributed by atoms with E-state index in [2.05, 4.69) is 14.5 Å². The monoisotopic (exact) mass is 277 g/mol. The summed E-state index contributed by atoms with van der Waals surface area (Å²) in [6.07, 6.45) is 11.0. The number of halogens is 1. The quantitative estimate of drug-likeness (QED) is 0.759. The van der Waals surface area contributed by atoms with Gasteiger partial charge in [0, 0.05) is 12.2 Å². The Bertz CT molecular complexity index is 541. The lowest BCUT2D eigenvalue weighted by atomic mass is 9.96. The Morgan fingerprint density at radius 2 is 1.89 bits per heavy atom. The summed E-state index contributed by atoms with van der Waals surface area (Å²) >= 11 is 6.08. The molecule has 0 spiro atoms. The molecule has 0 unspecified atom stereocenters. The molecule has 3 rings (SSSR count). The number of hydrogen-bond donors (Lipinski definition) is 0. The second-order valence-corrected chi connectivity index (χ2v) is 5.64. The van der Waals surface area contributed by atoms with Crippen LogP contribution in [0.5, 0.6) is 0 Å². The first-order valence-electron chi connectivity index (χ1n) is 7.28. The number of fused-ring (bicyclic) bond motifs is 1. The number of alkyl halides is 1. The standard InChI is InChI=1S/C15H20ClN3/c16-11-14-18-13-9-6-10-17-15(13)19(14)12-7-4-2-1-3-5-8-12/h6,9-10,12H,1-5,7-8,11H2. The summed E-state index contributed by atoms with van der Waals surface area (Å²) in [5.41, 5.74) is 1.98. The van der Waals surface area contributed by atoms with Gasteiger partial charge in [-0.1, -0.05) is 32.1 Å². The lowest BCUT2D eigenvalue weighted by molar-refractivity contribution is 0.372. The van der Waals surface area contributed by atoms with E-state index in [1.165, 1.54) is 44.9 Å². The molecule has 2 heterocycles. The van der Waals surface area contributed by atoms with E-state index in [-0.39, 0.29) is 0 Å². The number of hydrogen-bond acceptors (Lipinski definition) is 2. The van der Waals surface area contributed by atoms with Crippen molar-refractivity contribution >= 4 is 22.8 Å². The van der Waals surface area contributed by atoms with Crippen molar-refractivity contribution in [2.24, 2.45) is 0 Å². The van der Waals surface area contributed by atoms with E-state index in [1.807, 2.05) is 18.3 Å². The van der Waals surface area contributed by atoms with E-state index in [9.17, 15) is 0 Å². The molecule has 3 nitrogen and oxygen atoms in total. The highest BCUT2D eigenvalue weighted by atomic mass is 35.5. The molecular weight excluding hydrogens is 258 g/mol. The topological polar surface area (TPSA) is 30.7 Å². The third kappa shape index (κ3) is 2.62. The molecule has 0 bridgehead atoms. The van der Waals surface area contributed by atoms with Crippen LogP contribution in [0.2, 0.25) is 0 Å². The molecule has 19 heavy (non-hydrogen) atoms. The van der Waals surface area contributed by atoms with E-state index in [4.69, 9.17) is 11.6 Å². The van der Waals surface area contributed by atoms with Gasteiger partial charge in [-0.3, -0.25) is 0 Å². The lowest BCUT2D eigenvalue weighted by Crippen LogP contribution is -2.14. The third-order valence-corrected chi connectivity index (χ3v) is 4.32. The minimum absolute atomic E-state index is 0.465. The molecule has 2 aromatic rings. The molecule has 0 atom stereocenters. The molecule has 0 amide bonds. The molecule has 1 fully saturated rings. The van der Waals surface area contributed by atoms with Crippen LogP contribution in [0.15, 0.2) is 18.3 Å². The van der Waals surface area contributed by atoms with E-state index in [1.54, 1.807) is 0 Å². The highest BCUT2D eigenvalue weighted by Gasteiger charge is 2.20. The minimum atomic E-state index is 0.465. The molecule has 1 aliphatic carbocycles. The van der Waals surface area contributed by atoms with E-state index in [0.29, 0.717) is 11.9 Å². The van der Waals surface area contributed by atoms with E-state index in [0.717, 1.165) is 17.0 Å². The summed E-state index contributed by atoms with van der Waals surface area (Å²) in [4.78, 5) is 9.15. The zero-order valence-corrected chi connectivity index (χ0v) is 11.9. The fourth-order valence-electron chi connectivity index (χ4n) is 3.15. The Kier molecular flexibility index (Phi) is 4.02. The van der Waals surface area contributed by atoms with Crippen molar-refractivity contribution in [3.8, 4) is 0 Å². The van der Waals surface area contributed by atoms with Gasteiger partial charge in [0.2, 0.25) is 0 Å². The Balaban J connectivity index is 2.01. The minimum Gasteiger partial charge on any atom is -0.309 e. The van der Waals surface area contributed by atoms with E-state index < -0.39 is 0 Å². The molecule has 0 saturated heterocycles. The number of nitrogens with zero attached hydrogens (tertiary/aromatic N) is 3. The van der Waals surface area contributed by atoms with Crippen LogP contribution < -0.4 is 0 Å². The zero-order chi connectivity index (χ0) is 13.1. The lowest BCUT2D eigenvalue weighted by Gasteiger charge is -2.23. The molecule has 1 saturated carbocycles. The normalized spacial score (nSPS) is 18.4. The summed E-state index contributed by atoms with van der Waals surface area (Å²) in [6.45, 7) is 0.